The molecule has 33 heavy (non-hydrogen) atoms. The molecule has 180 valence electrons. The summed E-state index contributed by atoms with van der Waals surface area (Å²) in [4.78, 5) is 14.9. The Labute approximate surface area is 199 Å². The molecule has 0 spiro atoms. The molecule has 1 aromatic carbocycles. The Morgan fingerprint density at radius 1 is 1.21 bits per heavy atom. The van der Waals surface area contributed by atoms with Crippen molar-refractivity contribution in [1.29, 1.82) is 0 Å². The highest BCUT2D eigenvalue weighted by atomic mass is 35.5. The lowest BCUT2D eigenvalue weighted by Crippen LogP contribution is -2.38. The van der Waals surface area contributed by atoms with Crippen LogP contribution in [0.25, 0.3) is 0 Å². The molecule has 0 unspecified atom stereocenters. The Morgan fingerprint density at radius 3 is 2.58 bits per heavy atom. The average molecular weight is 506 g/mol. The molecular formula is C21H24Cl2F3N5O2. The van der Waals surface area contributed by atoms with Crippen LogP contribution in [0.4, 0.5) is 19.0 Å². The van der Waals surface area contributed by atoms with Gasteiger partial charge >= 0.3 is 6.18 Å². The normalized spacial score (nSPS) is 21.4. The van der Waals surface area contributed by atoms with Gasteiger partial charge in [-0.25, -0.2) is 4.68 Å². The lowest BCUT2D eigenvalue weighted by Gasteiger charge is -2.33. The molecule has 2 aromatic rings. The highest BCUT2D eigenvalue weighted by Gasteiger charge is 2.47. The minimum absolute atomic E-state index is 0.0244. The SMILES string of the molecule is O=C(NCCCN1CCOCC1)c1nn2c(c1Cl)N[C@H](c1ccc(Cl)cc1)C[C@H]2C(F)(F)F. The van der Waals surface area contributed by atoms with Gasteiger partial charge in [0.15, 0.2) is 11.7 Å². The van der Waals surface area contributed by atoms with Crippen molar-refractivity contribution in [1.82, 2.24) is 20.0 Å². The second kappa shape index (κ2) is 10.1. The van der Waals surface area contributed by atoms with Gasteiger partial charge in [0.25, 0.3) is 5.91 Å². The topological polar surface area (TPSA) is 71.4 Å². The van der Waals surface area contributed by atoms with E-state index in [1.165, 1.54) is 0 Å². The Kier molecular flexibility index (Phi) is 7.37. The first-order valence-corrected chi connectivity index (χ1v) is 11.4. The molecule has 1 fully saturated rings. The smallest absolute Gasteiger partial charge is 0.379 e. The third kappa shape index (κ3) is 5.56. The summed E-state index contributed by atoms with van der Waals surface area (Å²) >= 11 is 12.3. The molecule has 2 aliphatic heterocycles. The van der Waals surface area contributed by atoms with Crippen LogP contribution in [0, 0.1) is 0 Å². The van der Waals surface area contributed by atoms with Crippen molar-refractivity contribution in [3.63, 3.8) is 0 Å². The number of ether oxygens (including phenoxy) is 1. The van der Waals surface area contributed by atoms with Crippen molar-refractivity contribution in [3.05, 3.63) is 45.6 Å². The number of nitrogens with one attached hydrogen (secondary N) is 2. The van der Waals surface area contributed by atoms with Gasteiger partial charge in [-0.2, -0.15) is 18.3 Å². The predicted octanol–water partition coefficient (Wildman–Crippen LogP) is 4.30. The first kappa shape index (κ1) is 24.1. The van der Waals surface area contributed by atoms with E-state index in [2.05, 4.69) is 20.6 Å². The van der Waals surface area contributed by atoms with Crippen molar-refractivity contribution in [2.24, 2.45) is 0 Å². The number of morpholine rings is 1. The summed E-state index contributed by atoms with van der Waals surface area (Å²) in [5.74, 6) is -0.627. The van der Waals surface area contributed by atoms with Crippen LogP contribution in [0.3, 0.4) is 0 Å². The van der Waals surface area contributed by atoms with Gasteiger partial charge in [-0.15, -0.1) is 0 Å². The molecule has 0 radical (unpaired) electrons. The number of fused-ring (bicyclic) bond motifs is 1. The van der Waals surface area contributed by atoms with E-state index in [0.717, 1.165) is 24.3 Å². The molecule has 0 bridgehead atoms. The summed E-state index contributed by atoms with van der Waals surface area (Å²) in [5, 5.41) is 10.0. The number of carbonyl (C=O) groups is 1. The van der Waals surface area contributed by atoms with Gasteiger partial charge in [-0.1, -0.05) is 35.3 Å². The standard InChI is InChI=1S/C21H24Cl2F3N5O2/c22-14-4-2-13(3-5-14)15-12-16(21(24,25)26)31-19(28-15)17(23)18(29-31)20(32)27-6-1-7-30-8-10-33-11-9-30/h2-5,15-16,28H,1,6-12H2,(H,27,32)/t15-,16-/m0/s1. The van der Waals surface area contributed by atoms with Crippen molar-refractivity contribution in [2.45, 2.75) is 31.1 Å². The van der Waals surface area contributed by atoms with E-state index in [0.29, 0.717) is 36.8 Å². The van der Waals surface area contributed by atoms with Crippen molar-refractivity contribution >= 4 is 34.9 Å². The van der Waals surface area contributed by atoms with Crippen LogP contribution in [0.5, 0.6) is 0 Å². The fourth-order valence-electron chi connectivity index (χ4n) is 4.06. The van der Waals surface area contributed by atoms with Gasteiger partial charge in [-0.05, 0) is 30.7 Å². The van der Waals surface area contributed by atoms with Crippen molar-refractivity contribution < 1.29 is 22.7 Å². The lowest BCUT2D eigenvalue weighted by molar-refractivity contribution is -0.173. The van der Waals surface area contributed by atoms with Crippen molar-refractivity contribution in [3.8, 4) is 0 Å². The second-order valence-corrected chi connectivity index (χ2v) is 8.88. The number of halogens is 5. The van der Waals surface area contributed by atoms with Gasteiger partial charge in [0, 0.05) is 31.1 Å². The van der Waals surface area contributed by atoms with Crippen LogP contribution >= 0.6 is 23.2 Å². The number of anilines is 1. The number of hydrogen-bond acceptors (Lipinski definition) is 5. The van der Waals surface area contributed by atoms with Crippen LogP contribution in [0.15, 0.2) is 24.3 Å². The van der Waals surface area contributed by atoms with Crippen LogP contribution in [-0.2, 0) is 4.74 Å². The third-order valence-electron chi connectivity index (χ3n) is 5.82. The number of amides is 1. The molecule has 1 amide bonds. The number of benzene rings is 1. The first-order valence-electron chi connectivity index (χ1n) is 10.7. The number of aromatic nitrogens is 2. The largest absolute Gasteiger partial charge is 0.410 e. The minimum atomic E-state index is -4.57. The average Bonchev–Trinajstić information content (AvgIpc) is 3.13. The van der Waals surface area contributed by atoms with Crippen LogP contribution < -0.4 is 10.6 Å². The van der Waals surface area contributed by atoms with E-state index >= 15 is 0 Å². The van der Waals surface area contributed by atoms with Gasteiger partial charge in [0.2, 0.25) is 0 Å². The number of rotatable bonds is 6. The Bertz CT molecular complexity index is 978. The van der Waals surface area contributed by atoms with Crippen LogP contribution in [-0.4, -0.2) is 66.2 Å². The summed E-state index contributed by atoms with van der Waals surface area (Å²) < 4.78 is 47.7. The minimum Gasteiger partial charge on any atom is -0.379 e. The molecule has 7 nitrogen and oxygen atoms in total. The summed E-state index contributed by atoms with van der Waals surface area (Å²) in [6.07, 6.45) is -4.17. The number of carbonyl (C=O) groups excluding carboxylic acids is 1. The Hall–Kier alpha value is -2.01. The highest BCUT2D eigenvalue weighted by molar-refractivity contribution is 6.36. The summed E-state index contributed by atoms with van der Waals surface area (Å²) in [6.45, 7) is 4.20. The maximum Gasteiger partial charge on any atom is 0.410 e. The first-order chi connectivity index (χ1) is 15.7. The van der Waals surface area contributed by atoms with Crippen LogP contribution in [0.1, 0.15) is 41.0 Å². The van der Waals surface area contributed by atoms with Gasteiger partial charge in [0.05, 0.1) is 19.3 Å². The maximum absolute atomic E-state index is 13.9. The number of alkyl halides is 3. The monoisotopic (exact) mass is 505 g/mol. The van der Waals surface area contributed by atoms with E-state index < -0.39 is 24.2 Å². The number of nitrogens with zero attached hydrogens (tertiary/aromatic N) is 3. The molecule has 1 aromatic heterocycles. The quantitative estimate of drug-likeness (QED) is 0.572. The zero-order valence-electron chi connectivity index (χ0n) is 17.7. The Morgan fingerprint density at radius 2 is 1.91 bits per heavy atom. The van der Waals surface area contributed by atoms with E-state index in [4.69, 9.17) is 27.9 Å². The summed E-state index contributed by atoms with van der Waals surface area (Å²) in [7, 11) is 0. The van der Waals surface area contributed by atoms with Gasteiger partial charge in [0.1, 0.15) is 10.8 Å². The van der Waals surface area contributed by atoms with E-state index in [-0.39, 0.29) is 23.0 Å². The summed E-state index contributed by atoms with van der Waals surface area (Å²) in [5.41, 5.74) is 0.405. The van der Waals surface area contributed by atoms with Crippen LogP contribution in [0.2, 0.25) is 10.0 Å². The van der Waals surface area contributed by atoms with Gasteiger partial charge < -0.3 is 15.4 Å². The molecule has 3 heterocycles. The van der Waals surface area contributed by atoms with Gasteiger partial charge in [-0.3, -0.25) is 9.69 Å². The Balaban J connectivity index is 1.48. The van der Waals surface area contributed by atoms with E-state index in [1.807, 2.05) is 0 Å². The molecule has 0 saturated carbocycles. The zero-order valence-corrected chi connectivity index (χ0v) is 19.2. The predicted molar refractivity (Wildman–Crippen MR) is 119 cm³/mol. The fraction of sp³-hybridized carbons (Fsp3) is 0.524. The third-order valence-corrected chi connectivity index (χ3v) is 6.43. The lowest BCUT2D eigenvalue weighted by atomic mass is 9.97. The molecule has 12 heteroatoms. The molecule has 2 N–H and O–H groups in total. The highest BCUT2D eigenvalue weighted by Crippen LogP contribution is 2.46. The second-order valence-electron chi connectivity index (χ2n) is 8.06. The zero-order chi connectivity index (χ0) is 23.6. The number of hydrogen-bond donors (Lipinski definition) is 2. The molecule has 0 aliphatic carbocycles. The van der Waals surface area contributed by atoms with Crippen molar-refractivity contribution in [2.75, 3.05) is 44.7 Å². The fourth-order valence-corrected chi connectivity index (χ4v) is 4.45. The summed E-state index contributed by atoms with van der Waals surface area (Å²) in [6, 6.07) is 3.97. The molecule has 2 atom stereocenters. The molecule has 4 rings (SSSR count). The molecule has 2 aliphatic rings. The molecule has 1 saturated heterocycles. The van der Waals surface area contributed by atoms with E-state index in [1.54, 1.807) is 24.3 Å². The van der Waals surface area contributed by atoms with E-state index in [9.17, 15) is 18.0 Å². The molecular weight excluding hydrogens is 482 g/mol. The maximum atomic E-state index is 13.9.